The Kier molecular flexibility index (Phi) is 4.91. The molecule has 114 valence electrons. The fraction of sp³-hybridized carbons (Fsp3) is 0.667. The monoisotopic (exact) mass is 307 g/mol. The molecular formula is C15H22ClN5. The van der Waals surface area contributed by atoms with E-state index in [9.17, 15) is 0 Å². The number of allylic oxidation sites excluding steroid dienone is 1. The maximum absolute atomic E-state index is 6.02. The molecule has 21 heavy (non-hydrogen) atoms. The average molecular weight is 308 g/mol. The molecule has 0 bridgehead atoms. The first kappa shape index (κ1) is 14.6. The lowest BCUT2D eigenvalue weighted by atomic mass is 9.97. The van der Waals surface area contributed by atoms with E-state index in [0.717, 1.165) is 26.1 Å². The van der Waals surface area contributed by atoms with Gasteiger partial charge in [0.2, 0.25) is 17.2 Å². The lowest BCUT2D eigenvalue weighted by Gasteiger charge is -2.16. The molecule has 3 rings (SSSR count). The molecule has 1 aromatic rings. The van der Waals surface area contributed by atoms with Gasteiger partial charge in [-0.1, -0.05) is 11.6 Å². The summed E-state index contributed by atoms with van der Waals surface area (Å²) < 4.78 is 0. The summed E-state index contributed by atoms with van der Waals surface area (Å²) in [5.41, 5.74) is 1.55. The summed E-state index contributed by atoms with van der Waals surface area (Å²) in [6.45, 7) is 2.87. The molecule has 0 atom stereocenters. The Hall–Kier alpha value is -1.36. The highest BCUT2D eigenvalue weighted by Crippen LogP contribution is 2.21. The molecule has 2 aliphatic rings. The van der Waals surface area contributed by atoms with E-state index in [4.69, 9.17) is 11.6 Å². The molecule has 0 aromatic carbocycles. The smallest absolute Gasteiger partial charge is 0.231 e. The molecule has 1 saturated heterocycles. The SMILES string of the molecule is Clc1nc(NCCC2=CCCCC2)nc(N2CCCC2)n1. The highest BCUT2D eigenvalue weighted by atomic mass is 35.5. The fourth-order valence-electron chi connectivity index (χ4n) is 2.94. The Morgan fingerprint density at radius 1 is 1.10 bits per heavy atom. The minimum Gasteiger partial charge on any atom is -0.354 e. The van der Waals surface area contributed by atoms with Crippen LogP contribution in [0.15, 0.2) is 11.6 Å². The van der Waals surface area contributed by atoms with Crippen molar-refractivity contribution in [3.63, 3.8) is 0 Å². The van der Waals surface area contributed by atoms with E-state index < -0.39 is 0 Å². The molecule has 1 N–H and O–H groups in total. The van der Waals surface area contributed by atoms with Crippen molar-refractivity contribution < 1.29 is 0 Å². The summed E-state index contributed by atoms with van der Waals surface area (Å²) in [6, 6.07) is 0. The van der Waals surface area contributed by atoms with Crippen LogP contribution in [-0.4, -0.2) is 34.6 Å². The first-order valence-corrected chi connectivity index (χ1v) is 8.27. The molecule has 6 heteroatoms. The molecule has 0 amide bonds. The topological polar surface area (TPSA) is 53.9 Å². The normalized spacial score (nSPS) is 18.7. The van der Waals surface area contributed by atoms with Gasteiger partial charge in [0.05, 0.1) is 0 Å². The van der Waals surface area contributed by atoms with Crippen molar-refractivity contribution in [1.82, 2.24) is 15.0 Å². The van der Waals surface area contributed by atoms with Crippen molar-refractivity contribution in [2.75, 3.05) is 29.9 Å². The van der Waals surface area contributed by atoms with Crippen molar-refractivity contribution >= 4 is 23.5 Å². The van der Waals surface area contributed by atoms with Gasteiger partial charge in [-0.25, -0.2) is 0 Å². The number of hydrogen-bond acceptors (Lipinski definition) is 5. The van der Waals surface area contributed by atoms with Crippen LogP contribution in [0, 0.1) is 0 Å². The van der Waals surface area contributed by atoms with Crippen LogP contribution in [0.3, 0.4) is 0 Å². The fourth-order valence-corrected chi connectivity index (χ4v) is 3.10. The summed E-state index contributed by atoms with van der Waals surface area (Å²) in [4.78, 5) is 15.1. The van der Waals surface area contributed by atoms with E-state index in [-0.39, 0.29) is 5.28 Å². The number of nitrogens with zero attached hydrogens (tertiary/aromatic N) is 4. The lowest BCUT2D eigenvalue weighted by Crippen LogP contribution is -2.21. The molecule has 0 radical (unpaired) electrons. The van der Waals surface area contributed by atoms with Gasteiger partial charge in [-0.05, 0) is 56.5 Å². The van der Waals surface area contributed by atoms with Crippen LogP contribution in [0.1, 0.15) is 44.9 Å². The quantitative estimate of drug-likeness (QED) is 0.845. The van der Waals surface area contributed by atoms with E-state index in [2.05, 4.69) is 31.2 Å². The first-order chi connectivity index (χ1) is 10.3. The van der Waals surface area contributed by atoms with Crippen molar-refractivity contribution in [1.29, 1.82) is 0 Å². The van der Waals surface area contributed by atoms with Crippen LogP contribution in [0.25, 0.3) is 0 Å². The number of aromatic nitrogens is 3. The third kappa shape index (κ3) is 4.06. The van der Waals surface area contributed by atoms with E-state index >= 15 is 0 Å². The van der Waals surface area contributed by atoms with Crippen molar-refractivity contribution in [2.45, 2.75) is 44.9 Å². The molecule has 1 aromatic heterocycles. The zero-order valence-electron chi connectivity index (χ0n) is 12.3. The van der Waals surface area contributed by atoms with Gasteiger partial charge in [-0.2, -0.15) is 15.0 Å². The van der Waals surface area contributed by atoms with Gasteiger partial charge in [0.15, 0.2) is 0 Å². The minimum absolute atomic E-state index is 0.270. The molecule has 1 fully saturated rings. The maximum atomic E-state index is 6.02. The van der Waals surface area contributed by atoms with Gasteiger partial charge < -0.3 is 10.2 Å². The van der Waals surface area contributed by atoms with Gasteiger partial charge >= 0.3 is 0 Å². The number of anilines is 2. The van der Waals surface area contributed by atoms with Crippen LogP contribution >= 0.6 is 11.6 Å². The number of hydrogen-bond donors (Lipinski definition) is 1. The van der Waals surface area contributed by atoms with Gasteiger partial charge in [0.25, 0.3) is 0 Å². The van der Waals surface area contributed by atoms with Crippen LogP contribution in [-0.2, 0) is 0 Å². The molecule has 0 unspecified atom stereocenters. The Morgan fingerprint density at radius 2 is 1.95 bits per heavy atom. The zero-order valence-corrected chi connectivity index (χ0v) is 13.1. The van der Waals surface area contributed by atoms with Gasteiger partial charge in [0.1, 0.15) is 0 Å². The second-order valence-corrected chi connectivity index (χ2v) is 6.05. The predicted molar refractivity (Wildman–Crippen MR) is 85.9 cm³/mol. The van der Waals surface area contributed by atoms with E-state index in [1.165, 1.54) is 38.5 Å². The van der Waals surface area contributed by atoms with E-state index in [1.54, 1.807) is 5.57 Å². The van der Waals surface area contributed by atoms with Gasteiger partial charge in [-0.3, -0.25) is 0 Å². The van der Waals surface area contributed by atoms with Gasteiger partial charge in [0, 0.05) is 19.6 Å². The Balaban J connectivity index is 1.58. The third-order valence-electron chi connectivity index (χ3n) is 4.10. The van der Waals surface area contributed by atoms with Crippen LogP contribution < -0.4 is 10.2 Å². The Bertz CT molecular complexity index is 511. The summed E-state index contributed by atoms with van der Waals surface area (Å²) in [5, 5.41) is 3.55. The van der Waals surface area contributed by atoms with Crippen LogP contribution in [0.5, 0.6) is 0 Å². The number of nitrogens with one attached hydrogen (secondary N) is 1. The van der Waals surface area contributed by atoms with Crippen molar-refractivity contribution in [3.8, 4) is 0 Å². The highest BCUT2D eigenvalue weighted by molar-refractivity contribution is 6.28. The molecule has 0 spiro atoms. The summed E-state index contributed by atoms with van der Waals surface area (Å²) in [6.07, 6.45) is 10.9. The van der Waals surface area contributed by atoms with Crippen LogP contribution in [0.4, 0.5) is 11.9 Å². The number of rotatable bonds is 5. The third-order valence-corrected chi connectivity index (χ3v) is 4.27. The average Bonchev–Trinajstić information content (AvgIpc) is 3.02. The van der Waals surface area contributed by atoms with Crippen molar-refractivity contribution in [3.05, 3.63) is 16.9 Å². The minimum atomic E-state index is 0.270. The molecule has 1 aliphatic heterocycles. The summed E-state index contributed by atoms with van der Waals surface area (Å²) in [7, 11) is 0. The summed E-state index contributed by atoms with van der Waals surface area (Å²) >= 11 is 6.02. The summed E-state index contributed by atoms with van der Waals surface area (Å²) in [5.74, 6) is 1.29. The predicted octanol–water partition coefficient (Wildman–Crippen LogP) is 3.43. The Morgan fingerprint density at radius 3 is 2.71 bits per heavy atom. The highest BCUT2D eigenvalue weighted by Gasteiger charge is 2.16. The van der Waals surface area contributed by atoms with Crippen LogP contribution in [0.2, 0.25) is 5.28 Å². The van der Waals surface area contributed by atoms with Crippen molar-refractivity contribution in [2.24, 2.45) is 0 Å². The second kappa shape index (κ2) is 7.07. The standard InChI is InChI=1S/C15H22ClN5/c16-13-18-14(17-9-8-12-6-2-1-3-7-12)20-15(19-13)21-10-4-5-11-21/h6H,1-5,7-11H2,(H,17,18,19,20). The molecule has 1 aliphatic carbocycles. The molecular weight excluding hydrogens is 286 g/mol. The zero-order chi connectivity index (χ0) is 14.5. The molecule has 5 nitrogen and oxygen atoms in total. The molecule has 0 saturated carbocycles. The second-order valence-electron chi connectivity index (χ2n) is 5.71. The van der Waals surface area contributed by atoms with Gasteiger partial charge in [-0.15, -0.1) is 0 Å². The van der Waals surface area contributed by atoms with E-state index in [0.29, 0.717) is 11.9 Å². The number of halogens is 1. The largest absolute Gasteiger partial charge is 0.354 e. The Labute approximate surface area is 130 Å². The van der Waals surface area contributed by atoms with E-state index in [1.807, 2.05) is 0 Å². The first-order valence-electron chi connectivity index (χ1n) is 7.89. The maximum Gasteiger partial charge on any atom is 0.231 e. The lowest BCUT2D eigenvalue weighted by molar-refractivity contribution is 0.679. The molecule has 2 heterocycles.